The quantitative estimate of drug-likeness (QED) is 0.662. The molecule has 1 unspecified atom stereocenters. The third kappa shape index (κ3) is 4.49. The van der Waals surface area contributed by atoms with Gasteiger partial charge >= 0.3 is 0 Å². The van der Waals surface area contributed by atoms with Crippen LogP contribution >= 0.6 is 27.3 Å². The number of ether oxygens (including phenoxy) is 2. The maximum absolute atomic E-state index is 13.8. The van der Waals surface area contributed by atoms with Gasteiger partial charge in [-0.3, -0.25) is 9.59 Å². The van der Waals surface area contributed by atoms with Crippen molar-refractivity contribution in [1.29, 1.82) is 0 Å². The molecule has 5 nitrogen and oxygen atoms in total. The van der Waals surface area contributed by atoms with E-state index in [9.17, 15) is 14.0 Å². The molecule has 2 heterocycles. The normalized spacial score (nSPS) is 17.2. The summed E-state index contributed by atoms with van der Waals surface area (Å²) in [6.45, 7) is 2.85. The number of morpholine rings is 1. The van der Waals surface area contributed by atoms with Crippen molar-refractivity contribution in [1.82, 2.24) is 4.90 Å². The maximum Gasteiger partial charge on any atom is 0.264 e. The van der Waals surface area contributed by atoms with E-state index in [0.717, 1.165) is 3.79 Å². The van der Waals surface area contributed by atoms with Crippen LogP contribution in [0.2, 0.25) is 0 Å². The van der Waals surface area contributed by atoms with Gasteiger partial charge in [0.2, 0.25) is 0 Å². The predicted octanol–water partition coefficient (Wildman–Crippen LogP) is 3.77. The monoisotopic (exact) mass is 441 g/mol. The molecule has 0 N–H and O–H groups in total. The SMILES string of the molecule is CC(=O)c1ccc(OCC2CN(C(=O)c3ccc(Br)s3)CCO2)cc1F. The molecule has 2 aromatic rings. The first-order chi connectivity index (χ1) is 12.4. The zero-order chi connectivity index (χ0) is 18.7. The Morgan fingerprint density at radius 1 is 1.38 bits per heavy atom. The van der Waals surface area contributed by atoms with Gasteiger partial charge in [-0.05, 0) is 47.1 Å². The Kier molecular flexibility index (Phi) is 6.05. The van der Waals surface area contributed by atoms with Crippen molar-refractivity contribution < 1.29 is 23.5 Å². The molecule has 0 spiro atoms. The Bertz CT molecular complexity index is 825. The fourth-order valence-corrected chi connectivity index (χ4v) is 4.00. The number of amides is 1. The Hall–Kier alpha value is -1.77. The number of thiophene rings is 1. The standard InChI is InChI=1S/C18H17BrFNO4S/c1-11(22)14-3-2-12(8-15(14)20)25-10-13-9-21(6-7-24-13)18(23)16-4-5-17(19)26-16/h2-5,8,13H,6-7,9-10H2,1H3. The van der Waals surface area contributed by atoms with Gasteiger partial charge in [-0.2, -0.15) is 0 Å². The summed E-state index contributed by atoms with van der Waals surface area (Å²) in [6.07, 6.45) is -0.299. The Labute approximate surface area is 162 Å². The van der Waals surface area contributed by atoms with Crippen molar-refractivity contribution >= 4 is 39.0 Å². The summed E-state index contributed by atoms with van der Waals surface area (Å²) >= 11 is 4.75. The van der Waals surface area contributed by atoms with Crippen LogP contribution in [0.4, 0.5) is 4.39 Å². The number of rotatable bonds is 5. The summed E-state index contributed by atoms with van der Waals surface area (Å²) in [5.74, 6) is -0.661. The van der Waals surface area contributed by atoms with Crippen LogP contribution in [-0.2, 0) is 4.74 Å². The number of hydrogen-bond acceptors (Lipinski definition) is 5. The lowest BCUT2D eigenvalue weighted by Crippen LogP contribution is -2.47. The van der Waals surface area contributed by atoms with Crippen LogP contribution < -0.4 is 4.74 Å². The number of hydrogen-bond donors (Lipinski definition) is 0. The number of carbonyl (C=O) groups is 2. The molecule has 1 aliphatic heterocycles. The van der Waals surface area contributed by atoms with Gasteiger partial charge in [0.1, 0.15) is 24.3 Å². The summed E-state index contributed by atoms with van der Waals surface area (Å²) < 4.78 is 26.0. The van der Waals surface area contributed by atoms with Crippen LogP contribution in [0, 0.1) is 5.82 Å². The van der Waals surface area contributed by atoms with E-state index in [1.807, 2.05) is 6.07 Å². The van der Waals surface area contributed by atoms with Crippen molar-refractivity contribution in [2.45, 2.75) is 13.0 Å². The predicted molar refractivity (Wildman–Crippen MR) is 99.6 cm³/mol. The second kappa shape index (κ2) is 8.28. The summed E-state index contributed by atoms with van der Waals surface area (Å²) in [6, 6.07) is 7.77. The molecule has 0 saturated carbocycles. The lowest BCUT2D eigenvalue weighted by atomic mass is 10.1. The topological polar surface area (TPSA) is 55.8 Å². The molecule has 1 fully saturated rings. The van der Waals surface area contributed by atoms with Crippen molar-refractivity contribution in [3.63, 3.8) is 0 Å². The number of benzene rings is 1. The molecule has 3 rings (SSSR count). The average Bonchev–Trinajstić information content (AvgIpc) is 3.05. The summed E-state index contributed by atoms with van der Waals surface area (Å²) in [4.78, 5) is 26.2. The van der Waals surface area contributed by atoms with E-state index >= 15 is 0 Å². The van der Waals surface area contributed by atoms with E-state index in [-0.39, 0.29) is 30.0 Å². The van der Waals surface area contributed by atoms with Crippen molar-refractivity contribution in [3.8, 4) is 5.75 Å². The zero-order valence-corrected chi connectivity index (χ0v) is 16.4. The van der Waals surface area contributed by atoms with Gasteiger partial charge in [-0.15, -0.1) is 11.3 Å². The van der Waals surface area contributed by atoms with E-state index in [1.165, 1.54) is 30.4 Å². The van der Waals surface area contributed by atoms with Gasteiger partial charge < -0.3 is 14.4 Å². The second-order valence-electron chi connectivity index (χ2n) is 5.86. The molecule has 26 heavy (non-hydrogen) atoms. The first-order valence-electron chi connectivity index (χ1n) is 8.03. The molecule has 1 amide bonds. The molecule has 0 bridgehead atoms. The summed E-state index contributed by atoms with van der Waals surface area (Å²) in [7, 11) is 0. The van der Waals surface area contributed by atoms with Gasteiger partial charge in [0.05, 0.1) is 27.4 Å². The van der Waals surface area contributed by atoms with Crippen LogP contribution in [0.25, 0.3) is 0 Å². The Morgan fingerprint density at radius 3 is 2.85 bits per heavy atom. The molecule has 0 radical (unpaired) electrons. The molecular weight excluding hydrogens is 425 g/mol. The molecule has 8 heteroatoms. The number of Topliss-reactive ketones (excluding diaryl/α,β-unsaturated/α-hetero) is 1. The van der Waals surface area contributed by atoms with Crippen molar-refractivity contribution in [2.75, 3.05) is 26.3 Å². The number of nitrogens with zero attached hydrogens (tertiary/aromatic N) is 1. The smallest absolute Gasteiger partial charge is 0.264 e. The van der Waals surface area contributed by atoms with E-state index in [0.29, 0.717) is 30.3 Å². The molecular formula is C18H17BrFNO4S. The highest BCUT2D eigenvalue weighted by atomic mass is 79.9. The zero-order valence-electron chi connectivity index (χ0n) is 14.0. The molecule has 1 atom stereocenters. The van der Waals surface area contributed by atoms with Crippen molar-refractivity contribution in [3.05, 3.63) is 50.4 Å². The second-order valence-corrected chi connectivity index (χ2v) is 8.32. The van der Waals surface area contributed by atoms with Crippen LogP contribution in [0.5, 0.6) is 5.75 Å². The minimum atomic E-state index is -0.611. The fraction of sp³-hybridized carbons (Fsp3) is 0.333. The molecule has 1 saturated heterocycles. The number of ketones is 1. The van der Waals surface area contributed by atoms with Gasteiger partial charge in [0.25, 0.3) is 5.91 Å². The molecule has 1 aromatic heterocycles. The lowest BCUT2D eigenvalue weighted by Gasteiger charge is -2.32. The first-order valence-corrected chi connectivity index (χ1v) is 9.64. The number of carbonyl (C=O) groups excluding carboxylic acids is 2. The Morgan fingerprint density at radius 2 is 2.19 bits per heavy atom. The van der Waals surface area contributed by atoms with E-state index in [1.54, 1.807) is 17.0 Å². The van der Waals surface area contributed by atoms with Crippen LogP contribution in [0.3, 0.4) is 0 Å². The molecule has 1 aliphatic rings. The highest BCUT2D eigenvalue weighted by molar-refractivity contribution is 9.11. The third-order valence-electron chi connectivity index (χ3n) is 3.97. The highest BCUT2D eigenvalue weighted by Crippen LogP contribution is 2.24. The van der Waals surface area contributed by atoms with Crippen LogP contribution in [0.1, 0.15) is 27.0 Å². The minimum absolute atomic E-state index is 0.0325. The van der Waals surface area contributed by atoms with Gasteiger partial charge in [-0.1, -0.05) is 0 Å². The summed E-state index contributed by atoms with van der Waals surface area (Å²) in [5.41, 5.74) is 0.0325. The van der Waals surface area contributed by atoms with E-state index in [2.05, 4.69) is 15.9 Å². The highest BCUT2D eigenvalue weighted by Gasteiger charge is 2.26. The van der Waals surface area contributed by atoms with E-state index < -0.39 is 5.82 Å². The van der Waals surface area contributed by atoms with Gasteiger partial charge in [0, 0.05) is 12.6 Å². The summed E-state index contributed by atoms with van der Waals surface area (Å²) in [5, 5.41) is 0. The molecule has 0 aliphatic carbocycles. The fourth-order valence-electron chi connectivity index (χ4n) is 2.65. The largest absolute Gasteiger partial charge is 0.491 e. The molecule has 138 valence electrons. The first kappa shape index (κ1) is 19.0. The number of halogens is 2. The third-order valence-corrected chi connectivity index (χ3v) is 5.58. The van der Waals surface area contributed by atoms with E-state index in [4.69, 9.17) is 9.47 Å². The van der Waals surface area contributed by atoms with Crippen LogP contribution in [-0.4, -0.2) is 49.0 Å². The molecule has 1 aromatic carbocycles. The van der Waals surface area contributed by atoms with Crippen LogP contribution in [0.15, 0.2) is 34.1 Å². The van der Waals surface area contributed by atoms with Gasteiger partial charge in [-0.25, -0.2) is 4.39 Å². The van der Waals surface area contributed by atoms with Gasteiger partial charge in [0.15, 0.2) is 5.78 Å². The lowest BCUT2D eigenvalue weighted by molar-refractivity contribution is -0.0400. The maximum atomic E-state index is 13.8. The minimum Gasteiger partial charge on any atom is -0.491 e. The Balaban J connectivity index is 1.58. The van der Waals surface area contributed by atoms with Crippen molar-refractivity contribution in [2.24, 2.45) is 0 Å². The average molecular weight is 442 g/mol.